The van der Waals surface area contributed by atoms with Gasteiger partial charge in [-0.3, -0.25) is 0 Å². The van der Waals surface area contributed by atoms with Crippen LogP contribution >= 0.6 is 0 Å². The van der Waals surface area contributed by atoms with Crippen molar-refractivity contribution in [2.45, 2.75) is 37.1 Å². The number of ether oxygens (including phenoxy) is 1. The molecule has 1 atom stereocenters. The van der Waals surface area contributed by atoms with Gasteiger partial charge in [-0.2, -0.15) is 4.31 Å². The molecular weight excluding hydrogens is 264 g/mol. The number of hydrogen-bond acceptors (Lipinski definition) is 4. The molecule has 0 aromatic heterocycles. The van der Waals surface area contributed by atoms with Crippen LogP contribution in [0.5, 0.6) is 5.75 Å². The second kappa shape index (κ2) is 5.38. The lowest BCUT2D eigenvalue weighted by Crippen LogP contribution is -2.42. The van der Waals surface area contributed by atoms with Crippen molar-refractivity contribution in [1.29, 1.82) is 0 Å². The van der Waals surface area contributed by atoms with Crippen molar-refractivity contribution in [3.05, 3.63) is 18.2 Å². The zero-order valence-corrected chi connectivity index (χ0v) is 12.1. The van der Waals surface area contributed by atoms with E-state index in [0.717, 1.165) is 19.3 Å². The minimum atomic E-state index is -3.51. The number of piperidine rings is 1. The van der Waals surface area contributed by atoms with Gasteiger partial charge in [0.15, 0.2) is 0 Å². The average Bonchev–Trinajstić information content (AvgIpc) is 2.38. The van der Waals surface area contributed by atoms with Gasteiger partial charge in [0, 0.05) is 18.7 Å². The van der Waals surface area contributed by atoms with Crippen LogP contribution in [-0.2, 0) is 10.0 Å². The largest absolute Gasteiger partial charge is 0.497 e. The first-order chi connectivity index (χ1) is 8.96. The van der Waals surface area contributed by atoms with Crippen LogP contribution in [0.4, 0.5) is 5.69 Å². The lowest BCUT2D eigenvalue weighted by Gasteiger charge is -2.32. The first-order valence-electron chi connectivity index (χ1n) is 6.42. The predicted octanol–water partition coefficient (Wildman–Crippen LogP) is 1.84. The Balaban J connectivity index is 2.38. The number of rotatable bonds is 3. The summed E-state index contributed by atoms with van der Waals surface area (Å²) in [6.45, 7) is 2.51. The highest BCUT2D eigenvalue weighted by atomic mass is 32.2. The van der Waals surface area contributed by atoms with E-state index in [1.807, 2.05) is 6.92 Å². The Bertz CT molecular complexity index is 557. The molecule has 2 N–H and O–H groups in total. The van der Waals surface area contributed by atoms with Gasteiger partial charge in [0.25, 0.3) is 0 Å². The number of sulfonamides is 1. The third-order valence-corrected chi connectivity index (χ3v) is 5.63. The zero-order valence-electron chi connectivity index (χ0n) is 11.3. The molecule has 106 valence electrons. The summed E-state index contributed by atoms with van der Waals surface area (Å²) in [6, 6.07) is 4.71. The molecule has 0 spiro atoms. The van der Waals surface area contributed by atoms with E-state index in [1.54, 1.807) is 16.4 Å². The summed E-state index contributed by atoms with van der Waals surface area (Å²) in [7, 11) is -1.99. The normalized spacial score (nSPS) is 21.3. The highest BCUT2D eigenvalue weighted by molar-refractivity contribution is 7.89. The van der Waals surface area contributed by atoms with Gasteiger partial charge >= 0.3 is 0 Å². The van der Waals surface area contributed by atoms with E-state index in [9.17, 15) is 8.42 Å². The maximum Gasteiger partial charge on any atom is 0.245 e. The minimum absolute atomic E-state index is 0.0280. The number of methoxy groups -OCH3 is 1. The lowest BCUT2D eigenvalue weighted by atomic mass is 10.1. The average molecular weight is 284 g/mol. The molecule has 1 fully saturated rings. The summed E-state index contributed by atoms with van der Waals surface area (Å²) < 4.78 is 31.8. The quantitative estimate of drug-likeness (QED) is 0.860. The van der Waals surface area contributed by atoms with Crippen LogP contribution in [0.2, 0.25) is 0 Å². The van der Waals surface area contributed by atoms with Gasteiger partial charge < -0.3 is 10.5 Å². The summed E-state index contributed by atoms with van der Waals surface area (Å²) in [4.78, 5) is 0.169. The zero-order chi connectivity index (χ0) is 14.0. The van der Waals surface area contributed by atoms with Gasteiger partial charge in [0.05, 0.1) is 12.8 Å². The Morgan fingerprint density at radius 2 is 2.11 bits per heavy atom. The van der Waals surface area contributed by atoms with E-state index in [0.29, 0.717) is 12.3 Å². The molecule has 1 saturated heterocycles. The van der Waals surface area contributed by atoms with E-state index < -0.39 is 10.0 Å². The van der Waals surface area contributed by atoms with Crippen molar-refractivity contribution in [3.63, 3.8) is 0 Å². The van der Waals surface area contributed by atoms with Crippen LogP contribution in [0.15, 0.2) is 23.1 Å². The van der Waals surface area contributed by atoms with Crippen LogP contribution in [-0.4, -0.2) is 32.4 Å². The molecule has 2 rings (SSSR count). The summed E-state index contributed by atoms with van der Waals surface area (Å²) in [6.07, 6.45) is 2.88. The van der Waals surface area contributed by atoms with Crippen LogP contribution in [0.3, 0.4) is 0 Å². The number of nitrogens with two attached hydrogens (primary N) is 1. The van der Waals surface area contributed by atoms with Crippen molar-refractivity contribution >= 4 is 15.7 Å². The number of nitrogens with zero attached hydrogens (tertiary/aromatic N) is 1. The Kier molecular flexibility index (Phi) is 4.01. The molecule has 19 heavy (non-hydrogen) atoms. The predicted molar refractivity (Wildman–Crippen MR) is 74.6 cm³/mol. The van der Waals surface area contributed by atoms with E-state index in [1.165, 1.54) is 13.2 Å². The SMILES string of the molecule is COc1ccc(S(=O)(=O)N2CCCCC2C)c(N)c1. The molecule has 1 aromatic carbocycles. The maximum atomic E-state index is 12.6. The molecule has 0 amide bonds. The molecule has 0 aliphatic carbocycles. The van der Waals surface area contributed by atoms with Crippen molar-refractivity contribution in [1.82, 2.24) is 4.31 Å². The van der Waals surface area contributed by atoms with Gasteiger partial charge in [-0.1, -0.05) is 6.42 Å². The molecule has 1 aromatic rings. The monoisotopic (exact) mass is 284 g/mol. The Labute approximate surface area is 114 Å². The summed E-state index contributed by atoms with van der Waals surface area (Å²) in [5, 5.41) is 0. The van der Waals surface area contributed by atoms with Crippen LogP contribution in [0.1, 0.15) is 26.2 Å². The molecule has 0 bridgehead atoms. The number of benzene rings is 1. The molecule has 5 nitrogen and oxygen atoms in total. The third-order valence-electron chi connectivity index (χ3n) is 3.55. The molecule has 0 saturated carbocycles. The molecule has 1 unspecified atom stereocenters. The highest BCUT2D eigenvalue weighted by Crippen LogP contribution is 2.30. The van der Waals surface area contributed by atoms with E-state index >= 15 is 0 Å². The first kappa shape index (κ1) is 14.1. The standard InChI is InChI=1S/C13H20N2O3S/c1-10-5-3-4-8-15(10)19(16,17)13-7-6-11(18-2)9-12(13)14/h6-7,9-10H,3-5,8,14H2,1-2H3. The third kappa shape index (κ3) is 2.69. The highest BCUT2D eigenvalue weighted by Gasteiger charge is 2.32. The minimum Gasteiger partial charge on any atom is -0.497 e. The van der Waals surface area contributed by atoms with Gasteiger partial charge in [-0.25, -0.2) is 8.42 Å². The molecule has 1 aliphatic heterocycles. The van der Waals surface area contributed by atoms with E-state index in [2.05, 4.69) is 0 Å². The second-order valence-corrected chi connectivity index (χ2v) is 6.72. The molecule has 0 radical (unpaired) electrons. The molecule has 1 heterocycles. The van der Waals surface area contributed by atoms with Crippen LogP contribution in [0.25, 0.3) is 0 Å². The van der Waals surface area contributed by atoms with Crippen molar-refractivity contribution in [2.75, 3.05) is 19.4 Å². The Morgan fingerprint density at radius 3 is 2.68 bits per heavy atom. The Hall–Kier alpha value is -1.27. The van der Waals surface area contributed by atoms with Crippen molar-refractivity contribution in [2.24, 2.45) is 0 Å². The number of nitrogen functional groups attached to an aromatic ring is 1. The van der Waals surface area contributed by atoms with Gasteiger partial charge in [0.1, 0.15) is 10.6 Å². The smallest absolute Gasteiger partial charge is 0.245 e. The molecule has 6 heteroatoms. The fraction of sp³-hybridized carbons (Fsp3) is 0.538. The first-order valence-corrected chi connectivity index (χ1v) is 7.86. The van der Waals surface area contributed by atoms with Crippen LogP contribution in [0, 0.1) is 0 Å². The van der Waals surface area contributed by atoms with Crippen LogP contribution < -0.4 is 10.5 Å². The molecule has 1 aliphatic rings. The second-order valence-electron chi connectivity index (χ2n) is 4.86. The number of anilines is 1. The summed E-state index contributed by atoms with van der Waals surface area (Å²) in [5.41, 5.74) is 6.08. The summed E-state index contributed by atoms with van der Waals surface area (Å²) in [5.74, 6) is 0.558. The fourth-order valence-corrected chi connectivity index (χ4v) is 4.24. The van der Waals surface area contributed by atoms with Gasteiger partial charge in [-0.15, -0.1) is 0 Å². The number of hydrogen-bond donors (Lipinski definition) is 1. The van der Waals surface area contributed by atoms with Crippen molar-refractivity contribution in [3.8, 4) is 5.75 Å². The fourth-order valence-electron chi connectivity index (χ4n) is 2.44. The van der Waals surface area contributed by atoms with Gasteiger partial charge in [0.2, 0.25) is 10.0 Å². The lowest BCUT2D eigenvalue weighted by molar-refractivity contribution is 0.269. The van der Waals surface area contributed by atoms with E-state index in [-0.39, 0.29) is 16.6 Å². The van der Waals surface area contributed by atoms with Gasteiger partial charge in [-0.05, 0) is 31.9 Å². The topological polar surface area (TPSA) is 72.6 Å². The maximum absolute atomic E-state index is 12.6. The van der Waals surface area contributed by atoms with Crippen molar-refractivity contribution < 1.29 is 13.2 Å². The van der Waals surface area contributed by atoms with E-state index in [4.69, 9.17) is 10.5 Å². The Morgan fingerprint density at radius 1 is 1.37 bits per heavy atom. The summed E-state index contributed by atoms with van der Waals surface area (Å²) >= 11 is 0. The molecular formula is C13H20N2O3S.